The first-order valence-corrected chi connectivity index (χ1v) is 11.1. The van der Waals surface area contributed by atoms with Gasteiger partial charge in [0, 0.05) is 29.8 Å². The lowest BCUT2D eigenvalue weighted by Crippen LogP contribution is -2.26. The Morgan fingerprint density at radius 3 is 2.38 bits per heavy atom. The smallest absolute Gasteiger partial charge is 0.475 e. The van der Waals surface area contributed by atoms with Crippen molar-refractivity contribution in [2.75, 3.05) is 11.9 Å². The molecule has 3 aromatic rings. The number of aromatic nitrogens is 3. The van der Waals surface area contributed by atoms with Crippen LogP contribution in [0.15, 0.2) is 53.1 Å². The Balaban J connectivity index is 0.000000532. The molecule has 1 aromatic heterocycles. The quantitative estimate of drug-likeness (QED) is 0.409. The van der Waals surface area contributed by atoms with Crippen LogP contribution in [0.4, 0.5) is 32.0 Å². The number of halogens is 6. The lowest BCUT2D eigenvalue weighted by molar-refractivity contribution is -0.192. The van der Waals surface area contributed by atoms with Crippen LogP contribution in [0.1, 0.15) is 17.5 Å². The van der Waals surface area contributed by atoms with E-state index in [-0.39, 0.29) is 11.6 Å². The van der Waals surface area contributed by atoms with Crippen molar-refractivity contribution in [3.63, 3.8) is 0 Å². The molecule has 0 fully saturated rings. The molecule has 2 heterocycles. The predicted molar refractivity (Wildman–Crippen MR) is 127 cm³/mol. The Morgan fingerprint density at radius 1 is 1.15 bits per heavy atom. The Kier molecular flexibility index (Phi) is 8.64. The zero-order chi connectivity index (χ0) is 29.1. The molecule has 1 amide bonds. The van der Waals surface area contributed by atoms with Gasteiger partial charge in [0.25, 0.3) is 6.08 Å². The van der Waals surface area contributed by atoms with Crippen LogP contribution in [0.2, 0.25) is 0 Å². The number of benzene rings is 2. The number of nitrogens with one attached hydrogen (secondary N) is 1. The predicted octanol–water partition coefficient (Wildman–Crippen LogP) is 3.78. The zero-order valence-electron chi connectivity index (χ0n) is 20.2. The Labute approximate surface area is 216 Å². The third-order valence-corrected chi connectivity index (χ3v) is 5.68. The second-order valence-electron chi connectivity index (χ2n) is 8.35. The second kappa shape index (κ2) is 11.6. The van der Waals surface area contributed by atoms with Crippen molar-refractivity contribution in [2.24, 2.45) is 5.73 Å². The largest absolute Gasteiger partial charge is 0.490 e. The number of amides is 1. The van der Waals surface area contributed by atoms with Crippen LogP contribution in [0.25, 0.3) is 16.8 Å². The van der Waals surface area contributed by atoms with Crippen LogP contribution in [0, 0.1) is 12.7 Å². The van der Waals surface area contributed by atoms with Crippen LogP contribution < -0.4 is 16.7 Å². The van der Waals surface area contributed by atoms with E-state index in [1.807, 2.05) is 13.0 Å². The lowest BCUT2D eigenvalue weighted by atomic mass is 9.93. The van der Waals surface area contributed by atoms with Crippen LogP contribution >= 0.6 is 0 Å². The summed E-state index contributed by atoms with van der Waals surface area (Å²) in [5.41, 5.74) is 7.92. The Morgan fingerprint density at radius 2 is 1.82 bits per heavy atom. The van der Waals surface area contributed by atoms with Crippen LogP contribution in [0.5, 0.6) is 0 Å². The number of fused-ring (bicyclic) bond motifs is 1. The number of carbonyl (C=O) groups is 2. The highest BCUT2D eigenvalue weighted by molar-refractivity contribution is 5.95. The number of nitrogens with zero attached hydrogens (tertiary/aromatic N) is 3. The normalized spacial score (nSPS) is 12.7. The summed E-state index contributed by atoms with van der Waals surface area (Å²) < 4.78 is 74.3. The van der Waals surface area contributed by atoms with Gasteiger partial charge in [-0.25, -0.2) is 23.2 Å². The molecule has 208 valence electrons. The van der Waals surface area contributed by atoms with E-state index in [2.05, 4.69) is 10.4 Å². The molecule has 0 saturated heterocycles. The highest BCUT2D eigenvalue weighted by Crippen LogP contribution is 2.33. The molecule has 0 radical (unpaired) electrons. The minimum Gasteiger partial charge on any atom is -0.475 e. The third-order valence-electron chi connectivity index (χ3n) is 5.68. The fourth-order valence-corrected chi connectivity index (χ4v) is 3.73. The molecule has 1 aliphatic heterocycles. The van der Waals surface area contributed by atoms with Crippen LogP contribution in [0.3, 0.4) is 0 Å². The molecule has 39 heavy (non-hydrogen) atoms. The molecule has 0 unspecified atom stereocenters. The molecule has 0 bridgehead atoms. The summed E-state index contributed by atoms with van der Waals surface area (Å²) in [6, 6.07) is 7.92. The molecule has 1 aliphatic rings. The number of carbonyl (C=O) groups excluding carboxylic acids is 1. The van der Waals surface area contributed by atoms with Gasteiger partial charge >= 0.3 is 17.8 Å². The van der Waals surface area contributed by atoms with Crippen molar-refractivity contribution in [1.82, 2.24) is 14.3 Å². The van der Waals surface area contributed by atoms with Gasteiger partial charge in [0.05, 0.1) is 12.2 Å². The van der Waals surface area contributed by atoms with E-state index in [1.165, 1.54) is 6.07 Å². The van der Waals surface area contributed by atoms with E-state index in [1.54, 1.807) is 18.2 Å². The van der Waals surface area contributed by atoms with Crippen molar-refractivity contribution in [3.05, 3.63) is 75.7 Å². The topological polar surface area (TPSA) is 132 Å². The highest BCUT2D eigenvalue weighted by atomic mass is 19.4. The molecular formula is C24H21F6N5O4. The first-order valence-electron chi connectivity index (χ1n) is 11.1. The monoisotopic (exact) mass is 557 g/mol. The summed E-state index contributed by atoms with van der Waals surface area (Å²) in [5, 5.41) is 13.8. The summed E-state index contributed by atoms with van der Waals surface area (Å²) in [4.78, 5) is 33.1. The van der Waals surface area contributed by atoms with Gasteiger partial charge in [0.15, 0.2) is 0 Å². The first-order chi connectivity index (χ1) is 18.2. The summed E-state index contributed by atoms with van der Waals surface area (Å²) in [7, 11) is 0. The van der Waals surface area contributed by atoms with E-state index in [0.29, 0.717) is 24.0 Å². The first kappa shape index (κ1) is 29.2. The molecule has 4 N–H and O–H groups in total. The average Bonchev–Trinajstić information content (AvgIpc) is 3.22. The highest BCUT2D eigenvalue weighted by Gasteiger charge is 2.38. The lowest BCUT2D eigenvalue weighted by Gasteiger charge is -2.20. The van der Waals surface area contributed by atoms with Crippen molar-refractivity contribution < 1.29 is 41.0 Å². The molecule has 0 atom stereocenters. The summed E-state index contributed by atoms with van der Waals surface area (Å²) in [6.45, 7) is 0.990. The minimum absolute atomic E-state index is 0.0433. The molecule has 15 heteroatoms. The van der Waals surface area contributed by atoms with Gasteiger partial charge in [-0.1, -0.05) is 0 Å². The van der Waals surface area contributed by atoms with E-state index in [4.69, 9.17) is 15.6 Å². The number of carboxylic acids is 1. The second-order valence-corrected chi connectivity index (χ2v) is 8.35. The number of hydrogen-bond donors (Lipinski definition) is 3. The summed E-state index contributed by atoms with van der Waals surface area (Å²) >= 11 is 0. The van der Waals surface area contributed by atoms with E-state index in [0.717, 1.165) is 32.4 Å². The summed E-state index contributed by atoms with van der Waals surface area (Å²) in [6.07, 6.45) is -4.95. The Hall–Kier alpha value is -4.40. The number of aliphatic carboxylic acids is 1. The molecule has 0 aliphatic carbocycles. The fraction of sp³-hybridized carbons (Fsp3) is 0.250. The molecule has 4 rings (SSSR count). The van der Waals surface area contributed by atoms with Gasteiger partial charge in [-0.3, -0.25) is 4.79 Å². The molecule has 2 aromatic carbocycles. The van der Waals surface area contributed by atoms with Gasteiger partial charge < -0.3 is 16.2 Å². The van der Waals surface area contributed by atoms with Crippen molar-refractivity contribution >= 4 is 17.6 Å². The molecular weight excluding hydrogens is 536 g/mol. The van der Waals surface area contributed by atoms with Gasteiger partial charge in [0.1, 0.15) is 12.1 Å². The maximum atomic E-state index is 15.0. The Bertz CT molecular complexity index is 1510. The number of hydrogen-bond acceptors (Lipinski definition) is 5. The molecule has 9 nitrogen and oxygen atoms in total. The maximum Gasteiger partial charge on any atom is 0.490 e. The maximum absolute atomic E-state index is 15.0. The number of alkyl halides is 3. The molecule has 0 spiro atoms. The molecule has 0 saturated carbocycles. The van der Waals surface area contributed by atoms with Gasteiger partial charge in [-0.2, -0.15) is 27.1 Å². The van der Waals surface area contributed by atoms with Crippen LogP contribution in [-0.4, -0.2) is 44.1 Å². The van der Waals surface area contributed by atoms with Crippen LogP contribution in [-0.2, 0) is 22.6 Å². The third kappa shape index (κ3) is 6.73. The average molecular weight is 557 g/mol. The number of anilines is 1. The number of aryl methyl sites for hydroxylation is 2. The number of carboxylic acid groups (broad SMARTS) is 1. The van der Waals surface area contributed by atoms with E-state index >= 15 is 4.39 Å². The standard InChI is InChI=1S/C22H20F3N5O2.C2HF3O2/c1-12-6-14(7-13-2-5-19(31)28-20(12)13)17-4-3-16(8-18(17)23)29-11-27-30(22(29)32)10-15(9-26)21(24)25;3-2(4,5)1(6)7/h3-4,6-8,11H,2,5,9-10,26H2,1H3,(H,28,31);(H,6,7). The number of nitrogens with two attached hydrogens (primary N) is 1. The van der Waals surface area contributed by atoms with Crippen molar-refractivity contribution in [1.29, 1.82) is 0 Å². The summed E-state index contributed by atoms with van der Waals surface area (Å²) in [5.74, 6) is -3.36. The van der Waals surface area contributed by atoms with Gasteiger partial charge in [0.2, 0.25) is 5.91 Å². The van der Waals surface area contributed by atoms with E-state index < -0.39 is 48.4 Å². The minimum atomic E-state index is -5.08. The SMILES string of the molecule is Cc1cc(-c2ccc(-n3cnn(CC(CN)=C(F)F)c3=O)cc2F)cc2c1NC(=O)CC2.O=C(O)C(F)(F)F. The van der Waals surface area contributed by atoms with Crippen molar-refractivity contribution in [3.8, 4) is 16.8 Å². The van der Waals surface area contributed by atoms with Crippen molar-refractivity contribution in [2.45, 2.75) is 32.5 Å². The van der Waals surface area contributed by atoms with Gasteiger partial charge in [-0.15, -0.1) is 0 Å². The fourth-order valence-electron chi connectivity index (χ4n) is 3.73. The van der Waals surface area contributed by atoms with E-state index in [9.17, 15) is 31.5 Å². The number of rotatable bonds is 5. The van der Waals surface area contributed by atoms with Gasteiger partial charge in [-0.05, 0) is 60.4 Å². The zero-order valence-corrected chi connectivity index (χ0v) is 20.2.